The average molecular weight is 277 g/mol. The lowest BCUT2D eigenvalue weighted by Gasteiger charge is -2.02. The summed E-state index contributed by atoms with van der Waals surface area (Å²) < 4.78 is 31.4. The molecule has 1 aromatic heterocycles. The largest absolute Gasteiger partial charge is 0.339 e. The van der Waals surface area contributed by atoms with E-state index in [1.807, 2.05) is 0 Å². The summed E-state index contributed by atoms with van der Waals surface area (Å²) in [6, 6.07) is 3.61. The van der Waals surface area contributed by atoms with Gasteiger partial charge in [-0.1, -0.05) is 5.16 Å². The van der Waals surface area contributed by atoms with Gasteiger partial charge in [0, 0.05) is 18.0 Å². The fourth-order valence-corrected chi connectivity index (χ4v) is 3.06. The molecule has 1 N–H and O–H groups in total. The van der Waals surface area contributed by atoms with Crippen LogP contribution in [0.25, 0.3) is 11.4 Å². The van der Waals surface area contributed by atoms with E-state index < -0.39 is 11.6 Å². The van der Waals surface area contributed by atoms with Crippen LogP contribution in [0.4, 0.5) is 8.78 Å². The van der Waals surface area contributed by atoms with Gasteiger partial charge in [0.25, 0.3) is 0 Å². The van der Waals surface area contributed by atoms with Crippen molar-refractivity contribution in [3.8, 4) is 11.4 Å². The SMILES string of the molecule is Fc1ccc(-c2noc(C3CC34CCNC4)n2)cc1F. The maximum atomic E-state index is 13.2. The number of aromatic nitrogens is 2. The van der Waals surface area contributed by atoms with Gasteiger partial charge < -0.3 is 9.84 Å². The minimum Gasteiger partial charge on any atom is -0.339 e. The molecule has 4 rings (SSSR count). The number of nitrogens with one attached hydrogen (secondary N) is 1. The zero-order chi connectivity index (χ0) is 13.7. The van der Waals surface area contributed by atoms with Crippen molar-refractivity contribution in [1.82, 2.24) is 15.5 Å². The molecule has 1 aromatic carbocycles. The average Bonchev–Trinajstić information content (AvgIpc) is 2.83. The lowest BCUT2D eigenvalue weighted by molar-refractivity contribution is 0.364. The van der Waals surface area contributed by atoms with E-state index in [9.17, 15) is 8.78 Å². The van der Waals surface area contributed by atoms with Crippen molar-refractivity contribution in [3.63, 3.8) is 0 Å². The molecule has 2 aromatic rings. The van der Waals surface area contributed by atoms with Crippen molar-refractivity contribution >= 4 is 0 Å². The number of hydrogen-bond acceptors (Lipinski definition) is 4. The number of halogens is 2. The van der Waals surface area contributed by atoms with Crippen LogP contribution in [0.15, 0.2) is 22.7 Å². The molecule has 4 nitrogen and oxygen atoms in total. The minimum atomic E-state index is -0.906. The number of hydrogen-bond donors (Lipinski definition) is 1. The van der Waals surface area contributed by atoms with Gasteiger partial charge in [0.1, 0.15) is 0 Å². The number of rotatable bonds is 2. The fourth-order valence-electron chi connectivity index (χ4n) is 3.06. The summed E-state index contributed by atoms with van der Waals surface area (Å²) in [5.41, 5.74) is 0.704. The summed E-state index contributed by atoms with van der Waals surface area (Å²) in [6.45, 7) is 2.02. The highest BCUT2D eigenvalue weighted by molar-refractivity contribution is 5.54. The molecule has 2 heterocycles. The molecule has 1 aliphatic carbocycles. The van der Waals surface area contributed by atoms with Crippen molar-refractivity contribution < 1.29 is 13.3 Å². The Balaban J connectivity index is 1.61. The first-order valence-corrected chi connectivity index (χ1v) is 6.68. The minimum absolute atomic E-state index is 0.276. The van der Waals surface area contributed by atoms with Crippen LogP contribution >= 0.6 is 0 Å². The van der Waals surface area contributed by atoms with E-state index in [4.69, 9.17) is 4.52 Å². The highest BCUT2D eigenvalue weighted by Gasteiger charge is 2.58. The summed E-state index contributed by atoms with van der Waals surface area (Å²) in [6.07, 6.45) is 2.18. The van der Waals surface area contributed by atoms with E-state index in [1.165, 1.54) is 6.07 Å². The molecule has 1 saturated heterocycles. The predicted octanol–water partition coefficient (Wildman–Crippen LogP) is 2.48. The third kappa shape index (κ3) is 1.75. The molecule has 6 heteroatoms. The van der Waals surface area contributed by atoms with Gasteiger partial charge in [-0.2, -0.15) is 4.98 Å². The summed E-state index contributed by atoms with van der Waals surface area (Å²) in [4.78, 5) is 4.34. The second-order valence-corrected chi connectivity index (χ2v) is 5.63. The molecular formula is C14H13F2N3O. The third-order valence-corrected chi connectivity index (χ3v) is 4.38. The topological polar surface area (TPSA) is 51.0 Å². The van der Waals surface area contributed by atoms with Crippen molar-refractivity contribution in [2.75, 3.05) is 13.1 Å². The van der Waals surface area contributed by atoms with Gasteiger partial charge in [-0.15, -0.1) is 0 Å². The van der Waals surface area contributed by atoms with E-state index in [0.29, 0.717) is 23.2 Å². The molecule has 0 amide bonds. The quantitative estimate of drug-likeness (QED) is 0.916. The number of benzene rings is 1. The van der Waals surface area contributed by atoms with E-state index in [2.05, 4.69) is 15.5 Å². The lowest BCUT2D eigenvalue weighted by atomic mass is 10.0. The summed E-state index contributed by atoms with van der Waals surface area (Å²) in [5.74, 6) is -0.572. The molecule has 0 bridgehead atoms. The molecule has 0 radical (unpaired) electrons. The maximum Gasteiger partial charge on any atom is 0.230 e. The molecule has 20 heavy (non-hydrogen) atoms. The molecular weight excluding hydrogens is 264 g/mol. The standard InChI is InChI=1S/C14H13F2N3O/c15-10-2-1-8(5-11(10)16)12-18-13(20-19-12)9-6-14(9)3-4-17-7-14/h1-2,5,9,17H,3-4,6-7H2. The van der Waals surface area contributed by atoms with Crippen LogP contribution in [0.5, 0.6) is 0 Å². The Kier molecular flexibility index (Phi) is 2.44. The Morgan fingerprint density at radius 2 is 2.20 bits per heavy atom. The van der Waals surface area contributed by atoms with Gasteiger partial charge in [-0.25, -0.2) is 8.78 Å². The molecule has 2 fully saturated rings. The van der Waals surface area contributed by atoms with Crippen LogP contribution in [-0.2, 0) is 0 Å². The van der Waals surface area contributed by atoms with Gasteiger partial charge >= 0.3 is 0 Å². The number of nitrogens with zero attached hydrogens (tertiary/aromatic N) is 2. The summed E-state index contributed by atoms with van der Waals surface area (Å²) >= 11 is 0. The summed E-state index contributed by atoms with van der Waals surface area (Å²) in [7, 11) is 0. The monoisotopic (exact) mass is 277 g/mol. The Morgan fingerprint density at radius 3 is 2.95 bits per heavy atom. The molecule has 2 aliphatic rings. The normalized spacial score (nSPS) is 28.2. The van der Waals surface area contributed by atoms with Gasteiger partial charge in [-0.05, 0) is 43.0 Å². The zero-order valence-corrected chi connectivity index (χ0v) is 10.7. The van der Waals surface area contributed by atoms with Crippen molar-refractivity contribution in [2.45, 2.75) is 18.8 Å². The Hall–Kier alpha value is -1.82. The molecule has 1 saturated carbocycles. The van der Waals surface area contributed by atoms with Crippen molar-refractivity contribution in [3.05, 3.63) is 35.7 Å². The Morgan fingerprint density at radius 1 is 1.30 bits per heavy atom. The van der Waals surface area contributed by atoms with Gasteiger partial charge in [0.2, 0.25) is 11.7 Å². The first kappa shape index (κ1) is 12.0. The van der Waals surface area contributed by atoms with Crippen LogP contribution in [0.1, 0.15) is 24.7 Å². The highest BCUT2D eigenvalue weighted by atomic mass is 19.2. The maximum absolute atomic E-state index is 13.2. The van der Waals surface area contributed by atoms with Gasteiger partial charge in [-0.3, -0.25) is 0 Å². The Bertz CT molecular complexity index is 664. The highest BCUT2D eigenvalue weighted by Crippen LogP contribution is 2.62. The van der Waals surface area contributed by atoms with Crippen LogP contribution in [0.3, 0.4) is 0 Å². The molecule has 104 valence electrons. The van der Waals surface area contributed by atoms with Crippen LogP contribution < -0.4 is 5.32 Å². The van der Waals surface area contributed by atoms with E-state index in [1.54, 1.807) is 0 Å². The van der Waals surface area contributed by atoms with E-state index in [-0.39, 0.29) is 5.41 Å². The third-order valence-electron chi connectivity index (χ3n) is 4.38. The van der Waals surface area contributed by atoms with E-state index >= 15 is 0 Å². The van der Waals surface area contributed by atoms with Gasteiger partial charge in [0.05, 0.1) is 0 Å². The molecule has 1 aliphatic heterocycles. The van der Waals surface area contributed by atoms with E-state index in [0.717, 1.165) is 38.1 Å². The molecule has 1 spiro atoms. The van der Waals surface area contributed by atoms with Crippen molar-refractivity contribution in [2.24, 2.45) is 5.41 Å². The fraction of sp³-hybridized carbons (Fsp3) is 0.429. The van der Waals surface area contributed by atoms with Crippen LogP contribution in [0, 0.1) is 17.0 Å². The van der Waals surface area contributed by atoms with Crippen LogP contribution in [-0.4, -0.2) is 23.2 Å². The van der Waals surface area contributed by atoms with Crippen LogP contribution in [0.2, 0.25) is 0 Å². The predicted molar refractivity (Wildman–Crippen MR) is 66.9 cm³/mol. The first-order valence-electron chi connectivity index (χ1n) is 6.68. The van der Waals surface area contributed by atoms with Crippen molar-refractivity contribution in [1.29, 1.82) is 0 Å². The lowest BCUT2D eigenvalue weighted by Crippen LogP contribution is -2.10. The molecule has 2 unspecified atom stereocenters. The second kappa shape index (κ2) is 4.09. The van der Waals surface area contributed by atoms with Gasteiger partial charge in [0.15, 0.2) is 11.6 Å². The zero-order valence-electron chi connectivity index (χ0n) is 10.7. The Labute approximate surface area is 114 Å². The second-order valence-electron chi connectivity index (χ2n) is 5.63. The smallest absolute Gasteiger partial charge is 0.230 e. The first-order chi connectivity index (χ1) is 9.68. The molecule has 2 atom stereocenters. The summed E-state index contributed by atoms with van der Waals surface area (Å²) in [5, 5.41) is 7.22.